The van der Waals surface area contributed by atoms with Crippen LogP contribution in [0.4, 0.5) is 0 Å². The third kappa shape index (κ3) is 4.67. The van der Waals surface area contributed by atoms with Crippen molar-refractivity contribution in [2.75, 3.05) is 13.6 Å². The van der Waals surface area contributed by atoms with E-state index in [1.54, 1.807) is 11.4 Å². The summed E-state index contributed by atoms with van der Waals surface area (Å²) in [6, 6.07) is 21.0. The summed E-state index contributed by atoms with van der Waals surface area (Å²) in [6.45, 7) is 1.65. The quantitative estimate of drug-likeness (QED) is 0.637. The maximum Gasteiger partial charge on any atom is 0.252 e. The number of likely N-dealkylation sites (N-methyl/N-ethyl adjacent to an activating group) is 1. The Labute approximate surface area is 169 Å². The lowest BCUT2D eigenvalue weighted by Gasteiger charge is -2.19. The monoisotopic (exact) mass is 414 g/mol. The Bertz CT molecular complexity index is 1020. The highest BCUT2D eigenvalue weighted by Crippen LogP contribution is 2.22. The molecule has 1 aromatic heterocycles. The molecular formula is C21H22N2O3S2. The van der Waals surface area contributed by atoms with Crippen molar-refractivity contribution in [1.82, 2.24) is 9.62 Å². The summed E-state index contributed by atoms with van der Waals surface area (Å²) in [5.74, 6) is -0.345. The van der Waals surface area contributed by atoms with Crippen LogP contribution in [0, 0.1) is 0 Å². The van der Waals surface area contributed by atoms with Gasteiger partial charge in [0, 0.05) is 7.05 Å². The van der Waals surface area contributed by atoms with Crippen molar-refractivity contribution in [1.29, 1.82) is 0 Å². The van der Waals surface area contributed by atoms with Gasteiger partial charge in [-0.15, -0.1) is 11.3 Å². The second-order valence-electron chi connectivity index (χ2n) is 6.47. The molecule has 1 N–H and O–H groups in total. The van der Waals surface area contributed by atoms with Crippen LogP contribution < -0.4 is 5.32 Å². The van der Waals surface area contributed by atoms with Gasteiger partial charge in [0.25, 0.3) is 10.0 Å². The highest BCUT2D eigenvalue weighted by atomic mass is 32.2. The first kappa shape index (κ1) is 20.3. The van der Waals surface area contributed by atoms with Gasteiger partial charge < -0.3 is 5.32 Å². The van der Waals surface area contributed by atoms with Crippen LogP contribution in [0.5, 0.6) is 0 Å². The molecule has 28 heavy (non-hydrogen) atoms. The molecule has 0 saturated carbocycles. The Balaban J connectivity index is 1.61. The first-order chi connectivity index (χ1) is 13.4. The lowest BCUT2D eigenvalue weighted by Crippen LogP contribution is -2.39. The zero-order valence-corrected chi connectivity index (χ0v) is 17.3. The molecule has 0 aliphatic carbocycles. The van der Waals surface area contributed by atoms with Crippen LogP contribution in [-0.4, -0.2) is 32.2 Å². The summed E-state index contributed by atoms with van der Waals surface area (Å²) in [6.07, 6.45) is 0. The number of carbonyl (C=O) groups is 1. The van der Waals surface area contributed by atoms with E-state index in [4.69, 9.17) is 0 Å². The number of nitrogens with zero attached hydrogens (tertiary/aromatic N) is 1. The first-order valence-corrected chi connectivity index (χ1v) is 11.1. The standard InChI is InChI=1S/C21H22N2O3S2/c1-16(17-10-12-19(13-11-17)18-7-4-3-5-8-18)22-20(24)15-23(2)28(25,26)21-9-6-14-27-21/h3-14,16H,15H2,1-2H3,(H,22,24). The Morgan fingerprint density at radius 2 is 1.64 bits per heavy atom. The highest BCUT2D eigenvalue weighted by Gasteiger charge is 2.24. The number of rotatable bonds is 7. The molecule has 0 spiro atoms. The predicted molar refractivity (Wildman–Crippen MR) is 113 cm³/mol. The van der Waals surface area contributed by atoms with Gasteiger partial charge in [-0.25, -0.2) is 8.42 Å². The summed E-state index contributed by atoms with van der Waals surface area (Å²) in [5, 5.41) is 4.56. The molecule has 1 unspecified atom stereocenters. The summed E-state index contributed by atoms with van der Waals surface area (Å²) in [4.78, 5) is 12.3. The average Bonchev–Trinajstić information content (AvgIpc) is 3.24. The maximum absolute atomic E-state index is 12.4. The number of benzene rings is 2. The Kier molecular flexibility index (Phi) is 6.28. The van der Waals surface area contributed by atoms with Gasteiger partial charge in [-0.05, 0) is 35.1 Å². The van der Waals surface area contributed by atoms with Crippen LogP contribution in [0.1, 0.15) is 18.5 Å². The van der Waals surface area contributed by atoms with Crippen molar-refractivity contribution >= 4 is 27.3 Å². The zero-order valence-electron chi connectivity index (χ0n) is 15.7. The fraction of sp³-hybridized carbons (Fsp3) is 0.190. The van der Waals surface area contributed by atoms with Crippen LogP contribution in [0.3, 0.4) is 0 Å². The average molecular weight is 415 g/mol. The number of hydrogen-bond acceptors (Lipinski definition) is 4. The van der Waals surface area contributed by atoms with Gasteiger partial charge in [-0.3, -0.25) is 4.79 Å². The molecule has 1 atom stereocenters. The summed E-state index contributed by atoms with van der Waals surface area (Å²) in [7, 11) is -2.23. The van der Waals surface area contributed by atoms with E-state index in [2.05, 4.69) is 5.32 Å². The number of hydrogen-bond donors (Lipinski definition) is 1. The van der Waals surface area contributed by atoms with Crippen LogP contribution in [0.25, 0.3) is 11.1 Å². The third-order valence-corrected chi connectivity index (χ3v) is 7.60. The molecule has 0 radical (unpaired) electrons. The first-order valence-electron chi connectivity index (χ1n) is 8.82. The summed E-state index contributed by atoms with van der Waals surface area (Å²) >= 11 is 1.13. The number of carbonyl (C=O) groups excluding carboxylic acids is 1. The van der Waals surface area contributed by atoms with Crippen molar-refractivity contribution in [2.24, 2.45) is 0 Å². The van der Waals surface area contributed by atoms with Crippen molar-refractivity contribution in [3.05, 3.63) is 77.7 Å². The SMILES string of the molecule is CC(NC(=O)CN(C)S(=O)(=O)c1cccs1)c1ccc(-c2ccccc2)cc1. The molecule has 0 fully saturated rings. The van der Waals surface area contributed by atoms with Crippen LogP contribution in [-0.2, 0) is 14.8 Å². The van der Waals surface area contributed by atoms with E-state index in [9.17, 15) is 13.2 Å². The van der Waals surface area contributed by atoms with Gasteiger partial charge in [-0.2, -0.15) is 4.31 Å². The van der Waals surface area contributed by atoms with Gasteiger partial charge in [0.1, 0.15) is 4.21 Å². The molecule has 3 aromatic rings. The van der Waals surface area contributed by atoms with Crippen molar-refractivity contribution < 1.29 is 13.2 Å². The minimum absolute atomic E-state index is 0.227. The number of nitrogens with one attached hydrogen (secondary N) is 1. The third-order valence-electron chi connectivity index (χ3n) is 4.42. The fourth-order valence-electron chi connectivity index (χ4n) is 2.82. The minimum atomic E-state index is -3.64. The highest BCUT2D eigenvalue weighted by molar-refractivity contribution is 7.91. The topological polar surface area (TPSA) is 66.5 Å². The second-order valence-corrected chi connectivity index (χ2v) is 9.69. The zero-order chi connectivity index (χ0) is 20.1. The predicted octanol–water partition coefficient (Wildman–Crippen LogP) is 3.91. The van der Waals surface area contributed by atoms with E-state index in [1.807, 2.05) is 61.5 Å². The smallest absolute Gasteiger partial charge is 0.252 e. The Hall–Kier alpha value is -2.48. The van der Waals surface area contributed by atoms with E-state index in [1.165, 1.54) is 13.1 Å². The molecule has 2 aromatic carbocycles. The lowest BCUT2D eigenvalue weighted by atomic mass is 10.0. The number of amides is 1. The molecule has 7 heteroatoms. The fourth-order valence-corrected chi connectivity index (χ4v) is 5.14. The maximum atomic E-state index is 12.4. The van der Waals surface area contributed by atoms with E-state index in [0.29, 0.717) is 0 Å². The van der Waals surface area contributed by atoms with Crippen molar-refractivity contribution in [3.63, 3.8) is 0 Å². The molecule has 0 aliphatic rings. The molecule has 0 saturated heterocycles. The van der Waals surface area contributed by atoms with E-state index in [0.717, 1.165) is 32.3 Å². The largest absolute Gasteiger partial charge is 0.348 e. The molecule has 3 rings (SSSR count). The molecule has 0 bridgehead atoms. The van der Waals surface area contributed by atoms with Gasteiger partial charge in [-0.1, -0.05) is 60.7 Å². The van der Waals surface area contributed by atoms with Crippen LogP contribution in [0.2, 0.25) is 0 Å². The van der Waals surface area contributed by atoms with Crippen LogP contribution >= 0.6 is 11.3 Å². The molecule has 1 heterocycles. The molecule has 0 aliphatic heterocycles. The lowest BCUT2D eigenvalue weighted by molar-refractivity contribution is -0.121. The van der Waals surface area contributed by atoms with Gasteiger partial charge >= 0.3 is 0 Å². The van der Waals surface area contributed by atoms with Crippen molar-refractivity contribution in [3.8, 4) is 11.1 Å². The van der Waals surface area contributed by atoms with Gasteiger partial charge in [0.2, 0.25) is 5.91 Å². The van der Waals surface area contributed by atoms with Gasteiger partial charge in [0.15, 0.2) is 0 Å². The number of sulfonamides is 1. The van der Waals surface area contributed by atoms with E-state index < -0.39 is 10.0 Å². The summed E-state index contributed by atoms with van der Waals surface area (Å²) < 4.78 is 26.1. The molecular weight excluding hydrogens is 392 g/mol. The number of thiophene rings is 1. The minimum Gasteiger partial charge on any atom is -0.348 e. The van der Waals surface area contributed by atoms with Crippen LogP contribution in [0.15, 0.2) is 76.3 Å². The molecule has 1 amide bonds. The summed E-state index contributed by atoms with van der Waals surface area (Å²) in [5.41, 5.74) is 3.19. The molecule has 5 nitrogen and oxygen atoms in total. The van der Waals surface area contributed by atoms with Gasteiger partial charge in [0.05, 0.1) is 12.6 Å². The van der Waals surface area contributed by atoms with Crippen molar-refractivity contribution in [2.45, 2.75) is 17.2 Å². The van der Waals surface area contributed by atoms with E-state index >= 15 is 0 Å². The second kappa shape index (κ2) is 8.68. The normalized spacial score (nSPS) is 12.7. The van der Waals surface area contributed by atoms with E-state index in [-0.39, 0.29) is 22.7 Å². The molecule has 146 valence electrons. The Morgan fingerprint density at radius 1 is 1.00 bits per heavy atom. The Morgan fingerprint density at radius 3 is 2.25 bits per heavy atom.